The standard InChI is InChI=1S/C19H18N2O4/c1-23-14-6-3-2-5-13(14)12-20-18(22)19(8-9-19)17-11-16(25-21-17)15-7-4-10-24-15/h2-7,10-11H,8-9,12H2,1H3,(H,20,22). The minimum absolute atomic E-state index is 0.0438. The van der Waals surface area contributed by atoms with E-state index in [1.807, 2.05) is 24.3 Å². The Morgan fingerprint density at radius 3 is 2.80 bits per heavy atom. The largest absolute Gasteiger partial charge is 0.496 e. The number of methoxy groups -OCH3 is 1. The number of para-hydroxylation sites is 1. The molecule has 6 nitrogen and oxygen atoms in total. The van der Waals surface area contributed by atoms with E-state index in [4.69, 9.17) is 13.7 Å². The monoisotopic (exact) mass is 338 g/mol. The first-order valence-corrected chi connectivity index (χ1v) is 8.14. The van der Waals surface area contributed by atoms with Crippen LogP contribution in [0, 0.1) is 0 Å². The van der Waals surface area contributed by atoms with Crippen molar-refractivity contribution in [1.82, 2.24) is 10.5 Å². The van der Waals surface area contributed by atoms with Crippen LogP contribution in [0.25, 0.3) is 11.5 Å². The van der Waals surface area contributed by atoms with E-state index in [2.05, 4.69) is 10.5 Å². The van der Waals surface area contributed by atoms with Gasteiger partial charge in [-0.25, -0.2) is 0 Å². The van der Waals surface area contributed by atoms with Gasteiger partial charge in [0.2, 0.25) is 11.7 Å². The molecule has 1 saturated carbocycles. The maximum Gasteiger partial charge on any atom is 0.232 e. The highest BCUT2D eigenvalue weighted by atomic mass is 16.5. The molecule has 0 unspecified atom stereocenters. The topological polar surface area (TPSA) is 77.5 Å². The van der Waals surface area contributed by atoms with E-state index >= 15 is 0 Å². The number of hydrogen-bond donors (Lipinski definition) is 1. The lowest BCUT2D eigenvalue weighted by atomic mass is 10.0. The van der Waals surface area contributed by atoms with Crippen molar-refractivity contribution in [2.75, 3.05) is 7.11 Å². The molecule has 1 N–H and O–H groups in total. The fraction of sp³-hybridized carbons (Fsp3) is 0.263. The molecule has 3 aromatic rings. The van der Waals surface area contributed by atoms with Gasteiger partial charge in [-0.15, -0.1) is 0 Å². The van der Waals surface area contributed by atoms with E-state index in [1.54, 1.807) is 31.6 Å². The SMILES string of the molecule is COc1ccccc1CNC(=O)C1(c2cc(-c3ccco3)on2)CC1. The van der Waals surface area contributed by atoms with Crippen LogP contribution in [-0.2, 0) is 16.8 Å². The number of amides is 1. The van der Waals surface area contributed by atoms with Crippen molar-refractivity contribution in [3.05, 3.63) is 60.0 Å². The van der Waals surface area contributed by atoms with Crippen LogP contribution < -0.4 is 10.1 Å². The summed E-state index contributed by atoms with van der Waals surface area (Å²) in [6, 6.07) is 13.0. The van der Waals surface area contributed by atoms with Gasteiger partial charge in [0, 0.05) is 18.2 Å². The Labute approximate surface area is 144 Å². The number of nitrogens with one attached hydrogen (secondary N) is 1. The van der Waals surface area contributed by atoms with Crippen LogP contribution in [0.2, 0.25) is 0 Å². The van der Waals surface area contributed by atoms with Crippen molar-refractivity contribution in [3.63, 3.8) is 0 Å². The predicted molar refractivity (Wildman–Crippen MR) is 90.0 cm³/mol. The Bertz CT molecular complexity index is 878. The second kappa shape index (κ2) is 6.12. The fourth-order valence-corrected chi connectivity index (χ4v) is 2.95. The summed E-state index contributed by atoms with van der Waals surface area (Å²) in [5.74, 6) is 1.85. The number of furan rings is 1. The predicted octanol–water partition coefficient (Wildman–Crippen LogP) is 3.29. The van der Waals surface area contributed by atoms with Crippen molar-refractivity contribution in [3.8, 4) is 17.3 Å². The van der Waals surface area contributed by atoms with Gasteiger partial charge in [-0.05, 0) is 31.0 Å². The van der Waals surface area contributed by atoms with Gasteiger partial charge in [0.05, 0.1) is 24.5 Å². The van der Waals surface area contributed by atoms with Gasteiger partial charge in [0.25, 0.3) is 0 Å². The molecule has 0 aliphatic heterocycles. The summed E-state index contributed by atoms with van der Waals surface area (Å²) >= 11 is 0. The molecule has 1 aliphatic carbocycles. The van der Waals surface area contributed by atoms with Crippen LogP contribution in [-0.4, -0.2) is 18.2 Å². The lowest BCUT2D eigenvalue weighted by Gasteiger charge is -2.14. The Kier molecular flexibility index (Phi) is 3.80. The molecule has 1 aliphatic rings. The van der Waals surface area contributed by atoms with Crippen LogP contribution in [0.4, 0.5) is 0 Å². The lowest BCUT2D eigenvalue weighted by molar-refractivity contribution is -0.123. The first kappa shape index (κ1) is 15.5. The van der Waals surface area contributed by atoms with Crippen molar-refractivity contribution in [2.45, 2.75) is 24.8 Å². The average molecular weight is 338 g/mol. The number of benzene rings is 1. The number of aromatic nitrogens is 1. The van der Waals surface area contributed by atoms with Crippen molar-refractivity contribution in [2.24, 2.45) is 0 Å². The lowest BCUT2D eigenvalue weighted by Crippen LogP contribution is -2.34. The molecule has 1 amide bonds. The zero-order valence-electron chi connectivity index (χ0n) is 13.8. The number of ether oxygens (including phenoxy) is 1. The molecule has 0 saturated heterocycles. The number of nitrogens with zero attached hydrogens (tertiary/aromatic N) is 1. The Morgan fingerprint density at radius 2 is 2.08 bits per heavy atom. The highest BCUT2D eigenvalue weighted by molar-refractivity contribution is 5.91. The minimum Gasteiger partial charge on any atom is -0.496 e. The van der Waals surface area contributed by atoms with Gasteiger partial charge in [0.15, 0.2) is 5.76 Å². The normalized spacial score (nSPS) is 14.9. The molecule has 0 radical (unpaired) electrons. The van der Waals surface area contributed by atoms with Crippen molar-refractivity contribution >= 4 is 5.91 Å². The van der Waals surface area contributed by atoms with E-state index in [0.29, 0.717) is 23.8 Å². The van der Waals surface area contributed by atoms with Crippen molar-refractivity contribution in [1.29, 1.82) is 0 Å². The Morgan fingerprint density at radius 1 is 1.24 bits per heavy atom. The molecule has 4 rings (SSSR count). The van der Waals surface area contributed by atoms with Gasteiger partial charge >= 0.3 is 0 Å². The van der Waals surface area contributed by atoms with Gasteiger partial charge in [-0.2, -0.15) is 0 Å². The van der Waals surface area contributed by atoms with Crippen LogP contribution in [0.15, 0.2) is 57.7 Å². The van der Waals surface area contributed by atoms with Gasteiger partial charge in [-0.3, -0.25) is 4.79 Å². The summed E-state index contributed by atoms with van der Waals surface area (Å²) in [5, 5.41) is 7.09. The van der Waals surface area contributed by atoms with Gasteiger partial charge < -0.3 is 19.0 Å². The average Bonchev–Trinajstić information content (AvgIpc) is 3.06. The van der Waals surface area contributed by atoms with E-state index in [-0.39, 0.29) is 5.91 Å². The number of hydrogen-bond acceptors (Lipinski definition) is 5. The third-order valence-electron chi connectivity index (χ3n) is 4.58. The molecule has 1 fully saturated rings. The Hall–Kier alpha value is -3.02. The van der Waals surface area contributed by atoms with E-state index in [9.17, 15) is 4.79 Å². The third kappa shape index (κ3) is 2.80. The molecule has 6 heteroatoms. The third-order valence-corrected chi connectivity index (χ3v) is 4.58. The molecule has 0 bridgehead atoms. The van der Waals surface area contributed by atoms with Crippen LogP contribution in [0.3, 0.4) is 0 Å². The summed E-state index contributed by atoms with van der Waals surface area (Å²) in [6.45, 7) is 0.410. The number of rotatable bonds is 6. The summed E-state index contributed by atoms with van der Waals surface area (Å²) in [7, 11) is 1.62. The van der Waals surface area contributed by atoms with Crippen molar-refractivity contribution < 1.29 is 18.5 Å². The Balaban J connectivity index is 1.48. The first-order chi connectivity index (χ1) is 12.2. The highest BCUT2D eigenvalue weighted by Gasteiger charge is 2.53. The van der Waals surface area contributed by atoms with E-state index < -0.39 is 5.41 Å². The summed E-state index contributed by atoms with van der Waals surface area (Å²) in [5.41, 5.74) is 0.984. The second-order valence-corrected chi connectivity index (χ2v) is 6.13. The van der Waals surface area contributed by atoms with E-state index in [1.165, 1.54) is 0 Å². The number of carbonyl (C=O) groups excluding carboxylic acids is 1. The smallest absolute Gasteiger partial charge is 0.232 e. The van der Waals surface area contributed by atoms with Crippen LogP contribution in [0.1, 0.15) is 24.1 Å². The minimum atomic E-state index is -0.601. The van der Waals surface area contributed by atoms with Gasteiger partial charge in [-0.1, -0.05) is 23.4 Å². The second-order valence-electron chi connectivity index (χ2n) is 6.13. The fourth-order valence-electron chi connectivity index (χ4n) is 2.95. The quantitative estimate of drug-likeness (QED) is 0.746. The maximum absolute atomic E-state index is 12.7. The van der Waals surface area contributed by atoms with Crippen LogP contribution in [0.5, 0.6) is 5.75 Å². The molecular formula is C19H18N2O4. The molecular weight excluding hydrogens is 320 g/mol. The summed E-state index contributed by atoms with van der Waals surface area (Å²) < 4.78 is 16.0. The molecule has 2 aromatic heterocycles. The summed E-state index contributed by atoms with van der Waals surface area (Å²) in [6.07, 6.45) is 3.09. The summed E-state index contributed by atoms with van der Waals surface area (Å²) in [4.78, 5) is 12.7. The molecule has 1 aromatic carbocycles. The number of carbonyl (C=O) groups is 1. The molecule has 0 spiro atoms. The highest BCUT2D eigenvalue weighted by Crippen LogP contribution is 2.48. The zero-order chi connectivity index (χ0) is 17.3. The molecule has 128 valence electrons. The van der Waals surface area contributed by atoms with Crippen LogP contribution >= 0.6 is 0 Å². The maximum atomic E-state index is 12.7. The zero-order valence-corrected chi connectivity index (χ0v) is 13.8. The first-order valence-electron chi connectivity index (χ1n) is 8.14. The molecule has 2 heterocycles. The van der Waals surface area contributed by atoms with Gasteiger partial charge in [0.1, 0.15) is 5.75 Å². The molecule has 25 heavy (non-hydrogen) atoms. The van der Waals surface area contributed by atoms with E-state index in [0.717, 1.165) is 24.2 Å². The molecule has 0 atom stereocenters.